The third-order valence-electron chi connectivity index (χ3n) is 3.58. The van der Waals surface area contributed by atoms with Crippen LogP contribution >= 0.6 is 0 Å². The average molecular weight is 256 g/mol. The topological polar surface area (TPSA) is 47.1 Å². The van der Waals surface area contributed by atoms with Gasteiger partial charge < -0.3 is 15.2 Å². The average Bonchev–Trinajstić information content (AvgIpc) is 3.13. The van der Waals surface area contributed by atoms with Gasteiger partial charge in [-0.3, -0.25) is 0 Å². The van der Waals surface area contributed by atoms with E-state index in [0.717, 1.165) is 24.7 Å². The van der Waals surface area contributed by atoms with Gasteiger partial charge in [0.25, 0.3) is 0 Å². The number of hydrogen-bond acceptors (Lipinski definition) is 3. The molecule has 19 heavy (non-hydrogen) atoms. The lowest BCUT2D eigenvalue weighted by molar-refractivity contribution is 0.685. The van der Waals surface area contributed by atoms with Crippen molar-refractivity contribution in [1.29, 1.82) is 0 Å². The largest absolute Gasteiger partial charge is 0.399 e. The van der Waals surface area contributed by atoms with Crippen molar-refractivity contribution in [2.45, 2.75) is 38.9 Å². The third kappa shape index (κ3) is 2.57. The monoisotopic (exact) mass is 256 g/mol. The zero-order valence-electron chi connectivity index (χ0n) is 11.3. The summed E-state index contributed by atoms with van der Waals surface area (Å²) in [5.74, 6) is 1.08. The van der Waals surface area contributed by atoms with Crippen LogP contribution in [0.15, 0.2) is 36.7 Å². The molecule has 0 unspecified atom stereocenters. The summed E-state index contributed by atoms with van der Waals surface area (Å²) < 4.78 is 2.20. The molecule has 4 heteroatoms. The van der Waals surface area contributed by atoms with Crippen molar-refractivity contribution in [1.82, 2.24) is 9.55 Å². The van der Waals surface area contributed by atoms with E-state index in [2.05, 4.69) is 33.5 Å². The van der Waals surface area contributed by atoms with E-state index in [1.165, 1.54) is 18.4 Å². The Kier molecular flexibility index (Phi) is 3.15. The zero-order valence-corrected chi connectivity index (χ0v) is 11.3. The second-order valence-corrected chi connectivity index (χ2v) is 5.12. The molecule has 0 bridgehead atoms. The van der Waals surface area contributed by atoms with Crippen LogP contribution in [0.4, 0.5) is 11.6 Å². The SMILES string of the molecule is CCn1ccnc1N(Cc1cccc(N)c1)C1CC1. The van der Waals surface area contributed by atoms with Gasteiger partial charge in [0, 0.05) is 37.2 Å². The molecule has 0 radical (unpaired) electrons. The zero-order chi connectivity index (χ0) is 13.2. The standard InChI is InChI=1S/C15H20N4/c1-2-18-9-8-17-15(18)19(14-6-7-14)11-12-4-3-5-13(16)10-12/h3-5,8-10,14H,2,6-7,11,16H2,1H3. The predicted molar refractivity (Wildman–Crippen MR) is 78.0 cm³/mol. The van der Waals surface area contributed by atoms with Gasteiger partial charge in [-0.25, -0.2) is 4.98 Å². The molecule has 0 amide bonds. The number of aryl methyl sites for hydroxylation is 1. The highest BCUT2D eigenvalue weighted by Gasteiger charge is 2.31. The summed E-state index contributed by atoms with van der Waals surface area (Å²) in [7, 11) is 0. The van der Waals surface area contributed by atoms with Crippen LogP contribution in [-0.4, -0.2) is 15.6 Å². The van der Waals surface area contributed by atoms with E-state index in [1.54, 1.807) is 0 Å². The second-order valence-electron chi connectivity index (χ2n) is 5.12. The van der Waals surface area contributed by atoms with Crippen molar-refractivity contribution in [3.05, 3.63) is 42.2 Å². The van der Waals surface area contributed by atoms with E-state index in [4.69, 9.17) is 5.73 Å². The Morgan fingerprint density at radius 3 is 2.95 bits per heavy atom. The Balaban J connectivity index is 1.86. The number of aromatic nitrogens is 2. The highest BCUT2D eigenvalue weighted by atomic mass is 15.3. The minimum atomic E-state index is 0.633. The first-order valence-corrected chi connectivity index (χ1v) is 6.90. The van der Waals surface area contributed by atoms with Crippen LogP contribution in [0.3, 0.4) is 0 Å². The van der Waals surface area contributed by atoms with E-state index in [1.807, 2.05) is 24.5 Å². The highest BCUT2D eigenvalue weighted by Crippen LogP contribution is 2.32. The molecule has 1 heterocycles. The van der Waals surface area contributed by atoms with Crippen LogP contribution in [0.1, 0.15) is 25.3 Å². The van der Waals surface area contributed by atoms with Crippen molar-refractivity contribution in [3.8, 4) is 0 Å². The van der Waals surface area contributed by atoms with E-state index < -0.39 is 0 Å². The van der Waals surface area contributed by atoms with Crippen molar-refractivity contribution >= 4 is 11.6 Å². The van der Waals surface area contributed by atoms with Crippen LogP contribution in [0, 0.1) is 0 Å². The Morgan fingerprint density at radius 1 is 1.42 bits per heavy atom. The van der Waals surface area contributed by atoms with Crippen molar-refractivity contribution in [3.63, 3.8) is 0 Å². The van der Waals surface area contributed by atoms with E-state index in [-0.39, 0.29) is 0 Å². The van der Waals surface area contributed by atoms with Crippen LogP contribution in [0.2, 0.25) is 0 Å². The van der Waals surface area contributed by atoms with E-state index in [9.17, 15) is 0 Å². The Labute approximate surface area is 113 Å². The molecule has 1 saturated carbocycles. The molecule has 0 spiro atoms. The number of hydrogen-bond donors (Lipinski definition) is 1. The van der Waals surface area contributed by atoms with Gasteiger partial charge in [0.15, 0.2) is 0 Å². The van der Waals surface area contributed by atoms with Crippen LogP contribution in [0.25, 0.3) is 0 Å². The van der Waals surface area contributed by atoms with E-state index >= 15 is 0 Å². The van der Waals surface area contributed by atoms with Gasteiger partial charge in [-0.05, 0) is 37.5 Å². The molecule has 0 saturated heterocycles. The number of benzene rings is 1. The lowest BCUT2D eigenvalue weighted by Crippen LogP contribution is -2.28. The summed E-state index contributed by atoms with van der Waals surface area (Å²) in [6.45, 7) is 3.99. The number of nitrogens with two attached hydrogens (primary N) is 1. The molecule has 2 aromatic rings. The first kappa shape index (κ1) is 12.1. The molecule has 4 nitrogen and oxygen atoms in total. The van der Waals surface area contributed by atoms with Gasteiger partial charge in [0.05, 0.1) is 0 Å². The molecule has 2 N–H and O–H groups in total. The fourth-order valence-electron chi connectivity index (χ4n) is 2.44. The molecule has 100 valence electrons. The molecule has 1 aromatic heterocycles. The fourth-order valence-corrected chi connectivity index (χ4v) is 2.44. The first-order valence-electron chi connectivity index (χ1n) is 6.90. The molecule has 1 aromatic carbocycles. The molecule has 1 aliphatic carbocycles. The lowest BCUT2D eigenvalue weighted by Gasteiger charge is -2.24. The van der Waals surface area contributed by atoms with Crippen LogP contribution in [-0.2, 0) is 13.1 Å². The molecule has 1 fully saturated rings. The Bertz CT molecular complexity index is 557. The number of imidazole rings is 1. The van der Waals surface area contributed by atoms with Crippen molar-refractivity contribution in [2.75, 3.05) is 10.6 Å². The third-order valence-corrected chi connectivity index (χ3v) is 3.58. The second kappa shape index (κ2) is 4.96. The molecule has 0 aliphatic heterocycles. The maximum absolute atomic E-state index is 5.86. The summed E-state index contributed by atoms with van der Waals surface area (Å²) in [5, 5.41) is 0. The van der Waals surface area contributed by atoms with Gasteiger partial charge >= 0.3 is 0 Å². The molecule has 1 aliphatic rings. The Morgan fingerprint density at radius 2 is 2.26 bits per heavy atom. The van der Waals surface area contributed by atoms with Gasteiger partial charge in [-0.1, -0.05) is 12.1 Å². The summed E-state index contributed by atoms with van der Waals surface area (Å²) in [4.78, 5) is 6.93. The summed E-state index contributed by atoms with van der Waals surface area (Å²) in [5.41, 5.74) is 7.94. The summed E-state index contributed by atoms with van der Waals surface area (Å²) >= 11 is 0. The van der Waals surface area contributed by atoms with E-state index in [0.29, 0.717) is 6.04 Å². The molecular formula is C15H20N4. The van der Waals surface area contributed by atoms with Crippen LogP contribution < -0.4 is 10.6 Å². The smallest absolute Gasteiger partial charge is 0.205 e. The maximum atomic E-state index is 5.86. The number of nitrogens with zero attached hydrogens (tertiary/aromatic N) is 3. The maximum Gasteiger partial charge on any atom is 0.205 e. The first-order chi connectivity index (χ1) is 9.28. The summed E-state index contributed by atoms with van der Waals surface area (Å²) in [6, 6.07) is 8.76. The predicted octanol–water partition coefficient (Wildman–Crippen LogP) is 2.65. The highest BCUT2D eigenvalue weighted by molar-refractivity contribution is 5.43. The fraction of sp³-hybridized carbons (Fsp3) is 0.400. The Hall–Kier alpha value is -1.97. The van der Waals surface area contributed by atoms with Crippen molar-refractivity contribution < 1.29 is 0 Å². The van der Waals surface area contributed by atoms with Gasteiger partial charge in [-0.15, -0.1) is 0 Å². The van der Waals surface area contributed by atoms with Crippen LogP contribution in [0.5, 0.6) is 0 Å². The summed E-state index contributed by atoms with van der Waals surface area (Å²) in [6.07, 6.45) is 6.45. The molecule has 3 rings (SSSR count). The normalized spacial score (nSPS) is 14.6. The minimum Gasteiger partial charge on any atom is -0.399 e. The quantitative estimate of drug-likeness (QED) is 0.837. The van der Waals surface area contributed by atoms with Crippen molar-refractivity contribution in [2.24, 2.45) is 0 Å². The van der Waals surface area contributed by atoms with Gasteiger partial charge in [-0.2, -0.15) is 0 Å². The van der Waals surface area contributed by atoms with Gasteiger partial charge in [0.2, 0.25) is 5.95 Å². The number of anilines is 2. The number of nitrogen functional groups attached to an aromatic ring is 1. The minimum absolute atomic E-state index is 0.633. The molecule has 0 atom stereocenters. The molecular weight excluding hydrogens is 236 g/mol. The van der Waals surface area contributed by atoms with Gasteiger partial charge in [0.1, 0.15) is 0 Å². The lowest BCUT2D eigenvalue weighted by atomic mass is 10.2. The number of rotatable bonds is 5.